The molecule has 1 rings (SSSR count). The van der Waals surface area contributed by atoms with E-state index >= 15 is 0 Å². The van der Waals surface area contributed by atoms with Gasteiger partial charge in [0, 0.05) is 26.6 Å². The Kier molecular flexibility index (Phi) is 6.45. The SMILES string of the molecule is COC(=O)CCCN(C)C(=O)N1CCCC(C)C1C(=O)O. The summed E-state index contributed by atoms with van der Waals surface area (Å²) < 4.78 is 4.54. The minimum atomic E-state index is -0.960. The molecular weight excluding hydrogens is 276 g/mol. The summed E-state index contributed by atoms with van der Waals surface area (Å²) in [6, 6.07) is -1.06. The average molecular weight is 300 g/mol. The number of urea groups is 1. The number of ether oxygens (including phenoxy) is 1. The first kappa shape index (κ1) is 17.3. The van der Waals surface area contributed by atoms with E-state index in [1.165, 1.54) is 16.9 Å². The second kappa shape index (κ2) is 7.85. The molecular formula is C14H24N2O5. The highest BCUT2D eigenvalue weighted by molar-refractivity contribution is 5.83. The minimum Gasteiger partial charge on any atom is -0.480 e. The van der Waals surface area contributed by atoms with Crippen molar-refractivity contribution in [1.82, 2.24) is 9.80 Å². The molecule has 1 N–H and O–H groups in total. The molecule has 0 radical (unpaired) electrons. The lowest BCUT2D eigenvalue weighted by atomic mass is 9.91. The maximum absolute atomic E-state index is 12.4. The lowest BCUT2D eigenvalue weighted by Crippen LogP contribution is -2.55. The molecule has 0 spiro atoms. The number of hydrogen-bond donors (Lipinski definition) is 1. The standard InChI is InChI=1S/C14H24N2O5/c1-10-6-4-9-16(12(10)13(18)19)14(20)15(2)8-5-7-11(17)21-3/h10,12H,4-9H2,1-3H3,(H,18,19). The number of carbonyl (C=O) groups is 3. The van der Waals surface area contributed by atoms with E-state index in [-0.39, 0.29) is 24.3 Å². The Hall–Kier alpha value is -1.79. The topological polar surface area (TPSA) is 87.2 Å². The average Bonchev–Trinajstić information content (AvgIpc) is 2.45. The number of carboxylic acids is 1. The van der Waals surface area contributed by atoms with Crippen molar-refractivity contribution in [3.05, 3.63) is 0 Å². The third kappa shape index (κ3) is 4.61. The number of esters is 1. The normalized spacial score (nSPS) is 21.8. The monoisotopic (exact) mass is 300 g/mol. The summed E-state index contributed by atoms with van der Waals surface area (Å²) in [6.45, 7) is 2.71. The maximum atomic E-state index is 12.4. The van der Waals surface area contributed by atoms with Gasteiger partial charge in [0.25, 0.3) is 0 Å². The number of aliphatic carboxylic acids is 1. The van der Waals surface area contributed by atoms with E-state index in [0.717, 1.165) is 12.8 Å². The predicted octanol–water partition coefficient (Wildman–Crippen LogP) is 1.18. The Balaban J connectivity index is 2.58. The molecule has 0 aromatic heterocycles. The van der Waals surface area contributed by atoms with Gasteiger partial charge >= 0.3 is 18.0 Å². The first-order valence-corrected chi connectivity index (χ1v) is 7.19. The quantitative estimate of drug-likeness (QED) is 0.770. The zero-order valence-electron chi connectivity index (χ0n) is 12.9. The smallest absolute Gasteiger partial charge is 0.326 e. The fraction of sp³-hybridized carbons (Fsp3) is 0.786. The number of carboxylic acid groups (broad SMARTS) is 1. The molecule has 2 amide bonds. The Labute approximate surface area is 124 Å². The Morgan fingerprint density at radius 3 is 2.62 bits per heavy atom. The van der Waals surface area contributed by atoms with Crippen LogP contribution in [0.1, 0.15) is 32.6 Å². The van der Waals surface area contributed by atoms with Crippen LogP contribution in [0.15, 0.2) is 0 Å². The van der Waals surface area contributed by atoms with Crippen molar-refractivity contribution in [2.24, 2.45) is 5.92 Å². The first-order valence-electron chi connectivity index (χ1n) is 7.19. The van der Waals surface area contributed by atoms with Gasteiger partial charge in [-0.15, -0.1) is 0 Å². The van der Waals surface area contributed by atoms with E-state index in [0.29, 0.717) is 19.5 Å². The number of amides is 2. The highest BCUT2D eigenvalue weighted by Gasteiger charge is 2.38. The van der Waals surface area contributed by atoms with Crippen LogP contribution >= 0.6 is 0 Å². The van der Waals surface area contributed by atoms with Gasteiger partial charge in [-0.1, -0.05) is 6.92 Å². The van der Waals surface area contributed by atoms with Gasteiger partial charge in [-0.2, -0.15) is 0 Å². The highest BCUT2D eigenvalue weighted by Crippen LogP contribution is 2.24. The molecule has 2 atom stereocenters. The van der Waals surface area contributed by atoms with Crippen molar-refractivity contribution in [3.63, 3.8) is 0 Å². The van der Waals surface area contributed by atoms with Crippen LogP contribution in [0.25, 0.3) is 0 Å². The third-order valence-electron chi connectivity index (χ3n) is 3.86. The van der Waals surface area contributed by atoms with Crippen LogP contribution in [-0.4, -0.2) is 66.2 Å². The maximum Gasteiger partial charge on any atom is 0.326 e. The van der Waals surface area contributed by atoms with E-state index in [2.05, 4.69) is 4.74 Å². The molecule has 0 aromatic carbocycles. The van der Waals surface area contributed by atoms with Crippen molar-refractivity contribution in [2.75, 3.05) is 27.2 Å². The molecule has 1 heterocycles. The number of hydrogen-bond acceptors (Lipinski definition) is 4. The number of piperidine rings is 1. The van der Waals surface area contributed by atoms with E-state index < -0.39 is 12.0 Å². The molecule has 1 aliphatic rings. The number of nitrogens with zero attached hydrogens (tertiary/aromatic N) is 2. The molecule has 1 fully saturated rings. The van der Waals surface area contributed by atoms with Gasteiger partial charge in [0.1, 0.15) is 6.04 Å². The van der Waals surface area contributed by atoms with Crippen molar-refractivity contribution in [2.45, 2.75) is 38.6 Å². The van der Waals surface area contributed by atoms with Crippen LogP contribution in [0.2, 0.25) is 0 Å². The Morgan fingerprint density at radius 2 is 2.05 bits per heavy atom. The van der Waals surface area contributed by atoms with Crippen LogP contribution in [0.5, 0.6) is 0 Å². The summed E-state index contributed by atoms with van der Waals surface area (Å²) in [5, 5.41) is 9.32. The van der Waals surface area contributed by atoms with Crippen LogP contribution in [0.4, 0.5) is 4.79 Å². The molecule has 2 unspecified atom stereocenters. The van der Waals surface area contributed by atoms with Crippen molar-refractivity contribution >= 4 is 18.0 Å². The highest BCUT2D eigenvalue weighted by atomic mass is 16.5. The molecule has 7 heteroatoms. The van der Waals surface area contributed by atoms with Crippen LogP contribution < -0.4 is 0 Å². The Bertz CT molecular complexity index is 399. The molecule has 120 valence electrons. The van der Waals surface area contributed by atoms with Crippen LogP contribution in [0.3, 0.4) is 0 Å². The summed E-state index contributed by atoms with van der Waals surface area (Å²) in [5.74, 6) is -1.33. The van der Waals surface area contributed by atoms with Gasteiger partial charge in [0.15, 0.2) is 0 Å². The summed E-state index contributed by atoms with van der Waals surface area (Å²) in [6.07, 6.45) is 2.36. The lowest BCUT2D eigenvalue weighted by Gasteiger charge is -2.39. The summed E-state index contributed by atoms with van der Waals surface area (Å²) in [5.41, 5.74) is 0. The van der Waals surface area contributed by atoms with Gasteiger partial charge in [0.05, 0.1) is 7.11 Å². The van der Waals surface area contributed by atoms with Crippen molar-refractivity contribution in [1.29, 1.82) is 0 Å². The van der Waals surface area contributed by atoms with E-state index in [1.807, 2.05) is 6.92 Å². The second-order valence-electron chi connectivity index (χ2n) is 5.48. The fourth-order valence-corrected chi connectivity index (χ4v) is 2.66. The van der Waals surface area contributed by atoms with Crippen LogP contribution in [-0.2, 0) is 14.3 Å². The van der Waals surface area contributed by atoms with Gasteiger partial charge in [0.2, 0.25) is 0 Å². The summed E-state index contributed by atoms with van der Waals surface area (Å²) in [7, 11) is 2.95. The fourth-order valence-electron chi connectivity index (χ4n) is 2.66. The molecule has 21 heavy (non-hydrogen) atoms. The van der Waals surface area contributed by atoms with Gasteiger partial charge in [-0.05, 0) is 25.2 Å². The number of likely N-dealkylation sites (tertiary alicyclic amines) is 1. The minimum absolute atomic E-state index is 0.0522. The zero-order chi connectivity index (χ0) is 16.0. The molecule has 0 saturated carbocycles. The number of carbonyl (C=O) groups excluding carboxylic acids is 2. The second-order valence-corrected chi connectivity index (χ2v) is 5.48. The van der Waals surface area contributed by atoms with Crippen molar-refractivity contribution < 1.29 is 24.2 Å². The zero-order valence-corrected chi connectivity index (χ0v) is 12.9. The molecule has 0 aromatic rings. The largest absolute Gasteiger partial charge is 0.480 e. The lowest BCUT2D eigenvalue weighted by molar-refractivity contribution is -0.145. The molecule has 7 nitrogen and oxygen atoms in total. The molecule has 0 aliphatic carbocycles. The van der Waals surface area contributed by atoms with Crippen molar-refractivity contribution in [3.8, 4) is 0 Å². The summed E-state index contributed by atoms with van der Waals surface area (Å²) in [4.78, 5) is 37.7. The molecule has 1 aliphatic heterocycles. The molecule has 1 saturated heterocycles. The molecule has 0 bridgehead atoms. The van der Waals surface area contributed by atoms with E-state index in [4.69, 9.17) is 0 Å². The van der Waals surface area contributed by atoms with Gasteiger partial charge < -0.3 is 19.6 Å². The van der Waals surface area contributed by atoms with Gasteiger partial charge in [-0.3, -0.25) is 4.79 Å². The third-order valence-corrected chi connectivity index (χ3v) is 3.86. The van der Waals surface area contributed by atoms with E-state index in [9.17, 15) is 19.5 Å². The number of methoxy groups -OCH3 is 1. The predicted molar refractivity (Wildman–Crippen MR) is 75.8 cm³/mol. The number of rotatable bonds is 5. The van der Waals surface area contributed by atoms with Crippen LogP contribution in [0, 0.1) is 5.92 Å². The van der Waals surface area contributed by atoms with E-state index in [1.54, 1.807) is 7.05 Å². The first-order chi connectivity index (χ1) is 9.88. The summed E-state index contributed by atoms with van der Waals surface area (Å²) >= 11 is 0. The Morgan fingerprint density at radius 1 is 1.38 bits per heavy atom. The van der Waals surface area contributed by atoms with Gasteiger partial charge in [-0.25, -0.2) is 9.59 Å².